The predicted molar refractivity (Wildman–Crippen MR) is 85.5 cm³/mol. The van der Waals surface area contributed by atoms with Crippen LogP contribution in [0.3, 0.4) is 0 Å². The maximum atomic E-state index is 6.52. The first-order chi connectivity index (χ1) is 8.32. The Morgan fingerprint density at radius 1 is 1.11 bits per heavy atom. The van der Waals surface area contributed by atoms with Crippen molar-refractivity contribution in [2.24, 2.45) is 0 Å². The largest absolute Gasteiger partial charge is 0.542 e. The molecular formula is C15H26OSSi. The number of hydrogen-bond donors (Lipinski definition) is 0. The van der Waals surface area contributed by atoms with Gasteiger partial charge in [-0.3, -0.25) is 0 Å². The van der Waals surface area contributed by atoms with E-state index in [1.807, 2.05) is 0 Å². The minimum atomic E-state index is -1.84. The fourth-order valence-corrected chi connectivity index (χ4v) is 9.01. The standard InChI is InChI=1S/C15H26OSSi/c1-11(2)18(12(3)4,13(5)6)16-14(7)15-9-8-10-17-15/h8-13H,7H2,1-6H3. The molecule has 0 radical (unpaired) electrons. The van der Waals surface area contributed by atoms with E-state index in [2.05, 4.69) is 65.6 Å². The summed E-state index contributed by atoms with van der Waals surface area (Å²) < 4.78 is 6.52. The first kappa shape index (κ1) is 15.5. The lowest BCUT2D eigenvalue weighted by Crippen LogP contribution is -2.47. The van der Waals surface area contributed by atoms with Gasteiger partial charge in [0.05, 0.1) is 4.88 Å². The van der Waals surface area contributed by atoms with Gasteiger partial charge in [0.2, 0.25) is 0 Å². The molecule has 0 aliphatic heterocycles. The summed E-state index contributed by atoms with van der Waals surface area (Å²) in [5, 5.41) is 2.08. The summed E-state index contributed by atoms with van der Waals surface area (Å²) >= 11 is 1.70. The van der Waals surface area contributed by atoms with Crippen LogP contribution < -0.4 is 0 Å². The van der Waals surface area contributed by atoms with Crippen LogP contribution in [-0.4, -0.2) is 8.32 Å². The smallest absolute Gasteiger partial charge is 0.258 e. The Balaban J connectivity index is 3.02. The van der Waals surface area contributed by atoms with E-state index in [9.17, 15) is 0 Å². The zero-order chi connectivity index (χ0) is 13.9. The summed E-state index contributed by atoms with van der Waals surface area (Å²) in [7, 11) is -1.84. The monoisotopic (exact) mass is 282 g/mol. The van der Waals surface area contributed by atoms with Gasteiger partial charge in [0.15, 0.2) is 0 Å². The highest BCUT2D eigenvalue weighted by atomic mass is 32.1. The molecular weight excluding hydrogens is 256 g/mol. The average molecular weight is 283 g/mol. The van der Waals surface area contributed by atoms with Crippen LogP contribution in [0.25, 0.3) is 5.76 Å². The predicted octanol–water partition coefficient (Wildman–Crippen LogP) is 5.91. The number of thiophene rings is 1. The van der Waals surface area contributed by atoms with Gasteiger partial charge in [0.1, 0.15) is 5.76 Å². The van der Waals surface area contributed by atoms with E-state index in [-0.39, 0.29) is 0 Å². The topological polar surface area (TPSA) is 9.23 Å². The quantitative estimate of drug-likeness (QED) is 0.465. The van der Waals surface area contributed by atoms with Crippen LogP contribution in [0.2, 0.25) is 16.6 Å². The maximum absolute atomic E-state index is 6.52. The second-order valence-electron chi connectivity index (χ2n) is 5.82. The third-order valence-electron chi connectivity index (χ3n) is 3.80. The van der Waals surface area contributed by atoms with Crippen molar-refractivity contribution in [1.29, 1.82) is 0 Å². The average Bonchev–Trinajstić information content (AvgIpc) is 2.77. The third-order valence-corrected chi connectivity index (χ3v) is 10.7. The molecule has 1 aromatic rings. The molecule has 102 valence electrons. The van der Waals surface area contributed by atoms with Gasteiger partial charge in [0, 0.05) is 0 Å². The molecule has 0 unspecified atom stereocenters. The summed E-state index contributed by atoms with van der Waals surface area (Å²) in [5.74, 6) is 0.868. The first-order valence-electron chi connectivity index (χ1n) is 6.74. The lowest BCUT2D eigenvalue weighted by molar-refractivity contribution is 0.447. The van der Waals surface area contributed by atoms with E-state index < -0.39 is 8.32 Å². The Bertz CT molecular complexity index is 357. The van der Waals surface area contributed by atoms with E-state index in [0.29, 0.717) is 16.6 Å². The molecule has 0 aromatic carbocycles. The fourth-order valence-electron chi connectivity index (χ4n) is 3.05. The molecule has 0 bridgehead atoms. The molecule has 0 fully saturated rings. The lowest BCUT2D eigenvalue weighted by atomic mass is 10.4. The molecule has 1 aromatic heterocycles. The van der Waals surface area contributed by atoms with Crippen LogP contribution in [0.15, 0.2) is 24.1 Å². The SMILES string of the molecule is C=C(O[Si](C(C)C)(C(C)C)C(C)C)c1cccs1. The summed E-state index contributed by atoms with van der Waals surface area (Å²) in [6.45, 7) is 17.9. The van der Waals surface area contributed by atoms with Crippen LogP contribution >= 0.6 is 11.3 Å². The molecule has 0 spiro atoms. The zero-order valence-electron chi connectivity index (χ0n) is 12.5. The van der Waals surface area contributed by atoms with Crippen molar-refractivity contribution < 1.29 is 4.43 Å². The van der Waals surface area contributed by atoms with Crippen molar-refractivity contribution in [3.05, 3.63) is 29.0 Å². The summed E-state index contributed by atoms with van der Waals surface area (Å²) in [6.07, 6.45) is 0. The van der Waals surface area contributed by atoms with Crippen molar-refractivity contribution in [1.82, 2.24) is 0 Å². The van der Waals surface area contributed by atoms with E-state index >= 15 is 0 Å². The summed E-state index contributed by atoms with van der Waals surface area (Å²) in [5.41, 5.74) is 1.78. The second kappa shape index (κ2) is 6.07. The molecule has 0 aliphatic carbocycles. The number of rotatable bonds is 6. The normalized spacial score (nSPS) is 12.5. The highest BCUT2D eigenvalue weighted by molar-refractivity contribution is 7.11. The van der Waals surface area contributed by atoms with Crippen molar-refractivity contribution in [2.45, 2.75) is 58.2 Å². The highest BCUT2D eigenvalue weighted by Crippen LogP contribution is 2.44. The second-order valence-corrected chi connectivity index (χ2v) is 12.1. The number of hydrogen-bond acceptors (Lipinski definition) is 2. The Labute approximate surface area is 117 Å². The van der Waals surface area contributed by atoms with Crippen molar-refractivity contribution in [3.63, 3.8) is 0 Å². The minimum absolute atomic E-state index is 0.592. The van der Waals surface area contributed by atoms with Gasteiger partial charge in [0.25, 0.3) is 8.32 Å². The molecule has 0 saturated carbocycles. The Morgan fingerprint density at radius 2 is 1.61 bits per heavy atom. The van der Waals surface area contributed by atoms with Crippen LogP contribution in [0.4, 0.5) is 0 Å². The van der Waals surface area contributed by atoms with Crippen LogP contribution in [0.5, 0.6) is 0 Å². The zero-order valence-corrected chi connectivity index (χ0v) is 14.3. The fraction of sp³-hybridized carbons (Fsp3) is 0.600. The van der Waals surface area contributed by atoms with E-state index in [1.165, 1.54) is 0 Å². The minimum Gasteiger partial charge on any atom is -0.542 e. The molecule has 0 atom stereocenters. The lowest BCUT2D eigenvalue weighted by Gasteiger charge is -2.42. The van der Waals surface area contributed by atoms with Crippen LogP contribution in [0.1, 0.15) is 46.4 Å². The molecule has 1 rings (SSSR count). The van der Waals surface area contributed by atoms with Crippen LogP contribution in [0, 0.1) is 0 Å². The van der Waals surface area contributed by atoms with E-state index in [4.69, 9.17) is 4.43 Å². The molecule has 3 heteroatoms. The van der Waals surface area contributed by atoms with Gasteiger partial charge in [-0.1, -0.05) is 54.2 Å². The Kier molecular flexibility index (Phi) is 5.23. The van der Waals surface area contributed by atoms with E-state index in [0.717, 1.165) is 10.6 Å². The molecule has 0 N–H and O–H groups in total. The molecule has 0 saturated heterocycles. The Morgan fingerprint density at radius 3 is 1.94 bits per heavy atom. The van der Waals surface area contributed by atoms with Gasteiger partial charge in [-0.25, -0.2) is 0 Å². The molecule has 0 amide bonds. The van der Waals surface area contributed by atoms with Crippen LogP contribution in [-0.2, 0) is 4.43 Å². The van der Waals surface area contributed by atoms with Crippen molar-refractivity contribution in [2.75, 3.05) is 0 Å². The third kappa shape index (κ3) is 2.89. The summed E-state index contributed by atoms with van der Waals surface area (Å²) in [6, 6.07) is 4.14. The van der Waals surface area contributed by atoms with Gasteiger partial charge in [-0.15, -0.1) is 11.3 Å². The summed E-state index contributed by atoms with van der Waals surface area (Å²) in [4.78, 5) is 1.16. The van der Waals surface area contributed by atoms with Gasteiger partial charge >= 0.3 is 0 Å². The first-order valence-corrected chi connectivity index (χ1v) is 9.76. The molecule has 1 heterocycles. The van der Waals surface area contributed by atoms with E-state index in [1.54, 1.807) is 11.3 Å². The van der Waals surface area contributed by atoms with Gasteiger partial charge in [-0.2, -0.15) is 0 Å². The Hall–Kier alpha value is -0.543. The molecule has 18 heavy (non-hydrogen) atoms. The molecule has 0 aliphatic rings. The maximum Gasteiger partial charge on any atom is 0.258 e. The van der Waals surface area contributed by atoms with Gasteiger partial charge < -0.3 is 4.43 Å². The van der Waals surface area contributed by atoms with Gasteiger partial charge in [-0.05, 0) is 28.1 Å². The molecule has 1 nitrogen and oxygen atoms in total. The highest BCUT2D eigenvalue weighted by Gasteiger charge is 2.47. The van der Waals surface area contributed by atoms with Crippen molar-refractivity contribution >= 4 is 25.4 Å². The van der Waals surface area contributed by atoms with Crippen molar-refractivity contribution in [3.8, 4) is 0 Å².